The van der Waals surface area contributed by atoms with Crippen LogP contribution in [0.3, 0.4) is 0 Å². The van der Waals surface area contributed by atoms with Crippen molar-refractivity contribution in [1.29, 1.82) is 0 Å². The number of para-hydroxylation sites is 1. The van der Waals surface area contributed by atoms with Crippen molar-refractivity contribution in [3.8, 4) is 5.75 Å². The zero-order chi connectivity index (χ0) is 15.8. The number of carbonyl (C=O) groups excluding carboxylic acids is 2. The molecule has 0 radical (unpaired) electrons. The first-order valence-corrected chi connectivity index (χ1v) is 7.03. The normalized spacial score (nSPS) is 10.5. The fraction of sp³-hybridized carbons (Fsp3) is 0.429. The van der Waals surface area contributed by atoms with Gasteiger partial charge < -0.3 is 14.2 Å². The lowest BCUT2D eigenvalue weighted by Crippen LogP contribution is -2.21. The highest BCUT2D eigenvalue weighted by atomic mass is 35.5. The van der Waals surface area contributed by atoms with E-state index in [1.54, 1.807) is 18.2 Å². The van der Waals surface area contributed by atoms with Gasteiger partial charge in [0, 0.05) is 0 Å². The molecule has 0 spiro atoms. The van der Waals surface area contributed by atoms with E-state index < -0.39 is 18.5 Å². The highest BCUT2D eigenvalue weighted by Gasteiger charge is 2.13. The third-order valence-corrected chi connectivity index (χ3v) is 2.75. The molecule has 7 heteroatoms. The smallest absolute Gasteiger partial charge is 0.337 e. The summed E-state index contributed by atoms with van der Waals surface area (Å²) in [6.07, 6.45) is 0. The Hall–Kier alpha value is -1.30. The Balaban J connectivity index is 2.33. The summed E-state index contributed by atoms with van der Waals surface area (Å²) in [4.78, 5) is 22.8. The Labute approximate surface area is 133 Å². The van der Waals surface area contributed by atoms with Crippen LogP contribution in [0.1, 0.15) is 13.8 Å². The third kappa shape index (κ3) is 6.80. The van der Waals surface area contributed by atoms with Crippen molar-refractivity contribution >= 4 is 35.1 Å². The minimum absolute atomic E-state index is 0.0665. The molecule has 0 aromatic heterocycles. The Morgan fingerprint density at radius 3 is 2.24 bits per heavy atom. The predicted octanol–water partition coefficient (Wildman–Crippen LogP) is 3.11. The average Bonchev–Trinajstić information content (AvgIpc) is 2.41. The van der Waals surface area contributed by atoms with Crippen molar-refractivity contribution in [3.05, 3.63) is 28.2 Å². The van der Waals surface area contributed by atoms with Gasteiger partial charge in [0.15, 0.2) is 5.75 Å². The summed E-state index contributed by atoms with van der Waals surface area (Å²) in [5, 5.41) is 0.430. The van der Waals surface area contributed by atoms with E-state index in [9.17, 15) is 9.59 Å². The average molecular weight is 335 g/mol. The molecule has 5 nitrogen and oxygen atoms in total. The molecule has 1 aromatic rings. The van der Waals surface area contributed by atoms with Crippen molar-refractivity contribution in [2.45, 2.75) is 13.8 Å². The molecule has 1 rings (SSSR count). The van der Waals surface area contributed by atoms with E-state index in [0.29, 0.717) is 6.61 Å². The van der Waals surface area contributed by atoms with E-state index in [2.05, 4.69) is 0 Å². The maximum absolute atomic E-state index is 11.5. The largest absolute Gasteiger partial charge is 0.464 e. The van der Waals surface area contributed by atoms with E-state index in [1.165, 1.54) is 0 Å². The van der Waals surface area contributed by atoms with Gasteiger partial charge in [0.2, 0.25) is 0 Å². The number of benzene rings is 1. The maximum Gasteiger partial charge on any atom is 0.337 e. The minimum Gasteiger partial charge on any atom is -0.464 e. The molecule has 0 aliphatic carbocycles. The monoisotopic (exact) mass is 334 g/mol. The van der Waals surface area contributed by atoms with Crippen molar-refractivity contribution in [1.82, 2.24) is 0 Å². The van der Waals surface area contributed by atoms with E-state index in [4.69, 9.17) is 37.4 Å². The summed E-state index contributed by atoms with van der Waals surface area (Å²) in [7, 11) is 0. The highest BCUT2D eigenvalue weighted by Crippen LogP contribution is 2.32. The summed E-state index contributed by atoms with van der Waals surface area (Å²) in [6, 6.07) is 4.71. The molecule has 0 heterocycles. The fourth-order valence-electron chi connectivity index (χ4n) is 1.24. The fourth-order valence-corrected chi connectivity index (χ4v) is 1.72. The lowest BCUT2D eigenvalue weighted by atomic mass is 10.2. The van der Waals surface area contributed by atoms with Crippen molar-refractivity contribution < 1.29 is 23.8 Å². The van der Waals surface area contributed by atoms with Gasteiger partial charge in [-0.3, -0.25) is 0 Å². The second kappa shape index (κ2) is 8.87. The van der Waals surface area contributed by atoms with Crippen LogP contribution in [0.25, 0.3) is 0 Å². The molecule has 0 fully saturated rings. The molecule has 0 saturated heterocycles. The Kier molecular flexibility index (Phi) is 7.50. The summed E-state index contributed by atoms with van der Waals surface area (Å²) < 4.78 is 14.8. The third-order valence-electron chi connectivity index (χ3n) is 2.15. The molecule has 1 aromatic carbocycles. The minimum atomic E-state index is -0.707. The Morgan fingerprint density at radius 2 is 1.67 bits per heavy atom. The van der Waals surface area contributed by atoms with Crippen LogP contribution in [0.2, 0.25) is 10.0 Å². The molecule has 0 atom stereocenters. The van der Waals surface area contributed by atoms with Crippen LogP contribution in [0.5, 0.6) is 5.75 Å². The van der Waals surface area contributed by atoms with Gasteiger partial charge in [-0.05, 0) is 18.1 Å². The number of ether oxygens (including phenoxy) is 3. The van der Waals surface area contributed by atoms with Gasteiger partial charge in [-0.25, -0.2) is 9.59 Å². The standard InChI is InChI=1S/C14H16Cl2O5/c1-9(2)6-20-12(17)7-19-8-13(18)21-14-10(15)4-3-5-11(14)16/h3-5,9H,6-8H2,1-2H3. The first kappa shape index (κ1) is 17.8. The second-order valence-electron chi connectivity index (χ2n) is 4.59. The van der Waals surface area contributed by atoms with Crippen molar-refractivity contribution in [2.24, 2.45) is 5.92 Å². The quantitative estimate of drug-likeness (QED) is 0.566. The van der Waals surface area contributed by atoms with Crippen molar-refractivity contribution in [3.63, 3.8) is 0 Å². The SMILES string of the molecule is CC(C)COC(=O)COCC(=O)Oc1c(Cl)cccc1Cl. The summed E-state index contributed by atoms with van der Waals surface area (Å²) >= 11 is 11.7. The van der Waals surface area contributed by atoms with Crippen molar-refractivity contribution in [2.75, 3.05) is 19.8 Å². The van der Waals surface area contributed by atoms with E-state index in [0.717, 1.165) is 0 Å². The van der Waals surface area contributed by atoms with Crippen LogP contribution in [0, 0.1) is 5.92 Å². The van der Waals surface area contributed by atoms with Crippen LogP contribution in [-0.2, 0) is 19.1 Å². The lowest BCUT2D eigenvalue weighted by molar-refractivity contribution is -0.152. The molecule has 0 saturated carbocycles. The second-order valence-corrected chi connectivity index (χ2v) is 5.41. The first-order chi connectivity index (χ1) is 9.90. The number of hydrogen-bond acceptors (Lipinski definition) is 5. The van der Waals surface area contributed by atoms with Crippen LogP contribution < -0.4 is 4.74 Å². The van der Waals surface area contributed by atoms with Gasteiger partial charge in [0.1, 0.15) is 13.2 Å². The molecule has 0 bridgehead atoms. The maximum atomic E-state index is 11.5. The molecule has 21 heavy (non-hydrogen) atoms. The van der Waals surface area contributed by atoms with Crippen LogP contribution in [0.4, 0.5) is 0 Å². The van der Waals surface area contributed by atoms with Crippen LogP contribution >= 0.6 is 23.2 Å². The predicted molar refractivity (Wildman–Crippen MR) is 78.7 cm³/mol. The Bertz CT molecular complexity index is 482. The van der Waals surface area contributed by atoms with Crippen LogP contribution in [0.15, 0.2) is 18.2 Å². The highest BCUT2D eigenvalue weighted by molar-refractivity contribution is 6.37. The number of halogens is 2. The first-order valence-electron chi connectivity index (χ1n) is 6.28. The van der Waals surface area contributed by atoms with Gasteiger partial charge in [0.05, 0.1) is 16.7 Å². The molecule has 0 aliphatic rings. The number of carbonyl (C=O) groups is 2. The van der Waals surface area contributed by atoms with E-state index >= 15 is 0 Å². The van der Waals surface area contributed by atoms with E-state index in [-0.39, 0.29) is 28.3 Å². The van der Waals surface area contributed by atoms with E-state index in [1.807, 2.05) is 13.8 Å². The van der Waals surface area contributed by atoms with Gasteiger partial charge >= 0.3 is 11.9 Å². The molecule has 0 aliphatic heterocycles. The molecule has 116 valence electrons. The lowest BCUT2D eigenvalue weighted by Gasteiger charge is -2.09. The van der Waals surface area contributed by atoms with Crippen LogP contribution in [-0.4, -0.2) is 31.8 Å². The number of hydrogen-bond donors (Lipinski definition) is 0. The zero-order valence-corrected chi connectivity index (χ0v) is 13.2. The molecular weight excluding hydrogens is 319 g/mol. The summed E-state index contributed by atoms with van der Waals surface area (Å²) in [5.74, 6) is -0.938. The summed E-state index contributed by atoms with van der Waals surface area (Å²) in [6.45, 7) is 3.41. The van der Waals surface area contributed by atoms with Gasteiger partial charge in [-0.2, -0.15) is 0 Å². The summed E-state index contributed by atoms with van der Waals surface area (Å²) in [5.41, 5.74) is 0. The Morgan fingerprint density at radius 1 is 1.10 bits per heavy atom. The molecule has 0 N–H and O–H groups in total. The van der Waals surface area contributed by atoms with Gasteiger partial charge in [0.25, 0.3) is 0 Å². The molecular formula is C14H16Cl2O5. The number of esters is 2. The van der Waals surface area contributed by atoms with Gasteiger partial charge in [-0.1, -0.05) is 43.1 Å². The molecule has 0 unspecified atom stereocenters. The molecule has 0 amide bonds. The zero-order valence-electron chi connectivity index (χ0n) is 11.7. The van der Waals surface area contributed by atoms with Gasteiger partial charge in [-0.15, -0.1) is 0 Å². The number of rotatable bonds is 7. The topological polar surface area (TPSA) is 61.8 Å².